The van der Waals surface area contributed by atoms with Gasteiger partial charge in [-0.3, -0.25) is 0 Å². The molecule has 0 spiro atoms. The second-order valence-corrected chi connectivity index (χ2v) is 4.41. The van der Waals surface area contributed by atoms with E-state index in [1.807, 2.05) is 0 Å². The van der Waals surface area contributed by atoms with Crippen LogP contribution < -0.4 is 5.73 Å². The summed E-state index contributed by atoms with van der Waals surface area (Å²) in [7, 11) is 0. The van der Waals surface area contributed by atoms with Crippen LogP contribution in [0.1, 0.15) is 29.7 Å². The van der Waals surface area contributed by atoms with Crippen molar-refractivity contribution >= 4 is 11.3 Å². The fourth-order valence-electron chi connectivity index (χ4n) is 1.65. The molecule has 0 aliphatic carbocycles. The highest BCUT2D eigenvalue weighted by molar-refractivity contribution is 7.08. The summed E-state index contributed by atoms with van der Waals surface area (Å²) in [6, 6.07) is 10.6. The van der Waals surface area contributed by atoms with Crippen LogP contribution in [0.4, 0.5) is 0 Å². The first-order valence-electron chi connectivity index (χ1n) is 5.17. The maximum atomic E-state index is 6.19. The number of hydrogen-bond acceptors (Lipinski definition) is 2. The third kappa shape index (κ3) is 2.28. The van der Waals surface area contributed by atoms with Crippen LogP contribution in [0, 0.1) is 0 Å². The van der Waals surface area contributed by atoms with E-state index in [1.165, 1.54) is 16.7 Å². The Kier molecular flexibility index (Phi) is 3.19. The maximum absolute atomic E-state index is 6.19. The van der Waals surface area contributed by atoms with Crippen LogP contribution >= 0.6 is 11.3 Å². The zero-order valence-corrected chi connectivity index (χ0v) is 9.63. The topological polar surface area (TPSA) is 26.0 Å². The lowest BCUT2D eigenvalue weighted by molar-refractivity contribution is 0.872. The summed E-state index contributed by atoms with van der Waals surface area (Å²) < 4.78 is 0. The van der Waals surface area contributed by atoms with Crippen molar-refractivity contribution in [3.63, 3.8) is 0 Å². The molecule has 78 valence electrons. The predicted molar refractivity (Wildman–Crippen MR) is 66.2 cm³/mol. The molecular formula is C13H15NS. The van der Waals surface area contributed by atoms with Crippen LogP contribution in [0.15, 0.2) is 41.1 Å². The third-order valence-corrected chi connectivity index (χ3v) is 3.32. The molecule has 0 saturated carbocycles. The molecule has 0 radical (unpaired) electrons. The van der Waals surface area contributed by atoms with Gasteiger partial charge >= 0.3 is 0 Å². The Morgan fingerprint density at radius 3 is 2.80 bits per heavy atom. The molecular weight excluding hydrogens is 202 g/mol. The highest BCUT2D eigenvalue weighted by Crippen LogP contribution is 2.22. The van der Waals surface area contributed by atoms with Crippen LogP contribution in [0.5, 0.6) is 0 Å². The Hall–Kier alpha value is -1.12. The van der Waals surface area contributed by atoms with E-state index in [4.69, 9.17) is 5.73 Å². The average Bonchev–Trinajstić information content (AvgIpc) is 2.81. The van der Waals surface area contributed by atoms with Gasteiger partial charge in [-0.05, 0) is 39.9 Å². The van der Waals surface area contributed by atoms with Gasteiger partial charge in [0.2, 0.25) is 0 Å². The van der Waals surface area contributed by atoms with Gasteiger partial charge < -0.3 is 5.73 Å². The lowest BCUT2D eigenvalue weighted by Gasteiger charge is -2.11. The van der Waals surface area contributed by atoms with Gasteiger partial charge in [-0.25, -0.2) is 0 Å². The number of rotatable bonds is 3. The molecule has 1 aromatic heterocycles. The quantitative estimate of drug-likeness (QED) is 0.838. The molecule has 1 nitrogen and oxygen atoms in total. The molecule has 1 unspecified atom stereocenters. The standard InChI is InChI=1S/C13H15NS/c1-2-10-4-3-5-11(8-10)13(14)12-6-7-15-9-12/h3-9,13H,2,14H2,1H3. The summed E-state index contributed by atoms with van der Waals surface area (Å²) >= 11 is 1.69. The number of benzene rings is 1. The molecule has 2 N–H and O–H groups in total. The van der Waals surface area contributed by atoms with Crippen molar-refractivity contribution in [2.45, 2.75) is 19.4 Å². The first kappa shape index (κ1) is 10.4. The van der Waals surface area contributed by atoms with Crippen molar-refractivity contribution in [1.82, 2.24) is 0 Å². The Bertz CT molecular complexity index is 420. The molecule has 0 amide bonds. The molecule has 2 heteroatoms. The molecule has 0 aliphatic heterocycles. The largest absolute Gasteiger partial charge is 0.320 e. The molecule has 0 bridgehead atoms. The van der Waals surface area contributed by atoms with Gasteiger partial charge in [0.15, 0.2) is 0 Å². The average molecular weight is 217 g/mol. The number of nitrogens with two attached hydrogens (primary N) is 1. The van der Waals surface area contributed by atoms with Gasteiger partial charge in [0, 0.05) is 0 Å². The van der Waals surface area contributed by atoms with E-state index < -0.39 is 0 Å². The SMILES string of the molecule is CCc1cccc(C(N)c2ccsc2)c1. The van der Waals surface area contributed by atoms with Crippen LogP contribution in [-0.4, -0.2) is 0 Å². The molecule has 2 rings (SSSR count). The number of aryl methyl sites for hydroxylation is 1. The van der Waals surface area contributed by atoms with Gasteiger partial charge in [0.05, 0.1) is 6.04 Å². The highest BCUT2D eigenvalue weighted by atomic mass is 32.1. The molecule has 1 aromatic carbocycles. The summed E-state index contributed by atoms with van der Waals surface area (Å²) in [5, 5.41) is 4.18. The van der Waals surface area contributed by atoms with Gasteiger partial charge in [0.1, 0.15) is 0 Å². The van der Waals surface area contributed by atoms with Crippen molar-refractivity contribution in [2.24, 2.45) is 5.73 Å². The maximum Gasteiger partial charge on any atom is 0.0559 e. The summed E-state index contributed by atoms with van der Waals surface area (Å²) in [5.41, 5.74) is 9.94. The monoisotopic (exact) mass is 217 g/mol. The molecule has 0 saturated heterocycles. The fraction of sp³-hybridized carbons (Fsp3) is 0.231. The fourth-order valence-corrected chi connectivity index (χ4v) is 2.35. The Morgan fingerprint density at radius 1 is 1.27 bits per heavy atom. The van der Waals surface area contributed by atoms with E-state index in [0.29, 0.717) is 0 Å². The first-order valence-corrected chi connectivity index (χ1v) is 6.12. The number of thiophene rings is 1. The predicted octanol–water partition coefficient (Wildman–Crippen LogP) is 3.36. The van der Waals surface area contributed by atoms with E-state index in [1.54, 1.807) is 11.3 Å². The summed E-state index contributed by atoms with van der Waals surface area (Å²) in [6.07, 6.45) is 1.06. The minimum atomic E-state index is 0.0164. The van der Waals surface area contributed by atoms with Crippen LogP contribution in [0.2, 0.25) is 0 Å². The van der Waals surface area contributed by atoms with E-state index in [0.717, 1.165) is 6.42 Å². The van der Waals surface area contributed by atoms with Crippen molar-refractivity contribution in [2.75, 3.05) is 0 Å². The smallest absolute Gasteiger partial charge is 0.0559 e. The zero-order chi connectivity index (χ0) is 10.7. The lowest BCUT2D eigenvalue weighted by atomic mass is 9.99. The summed E-state index contributed by atoms with van der Waals surface area (Å²) in [5.74, 6) is 0. The van der Waals surface area contributed by atoms with Gasteiger partial charge in [-0.1, -0.05) is 31.2 Å². The molecule has 1 atom stereocenters. The second kappa shape index (κ2) is 4.60. The molecule has 2 aromatic rings. The minimum Gasteiger partial charge on any atom is -0.320 e. The first-order chi connectivity index (χ1) is 7.31. The van der Waals surface area contributed by atoms with E-state index in [2.05, 4.69) is 48.0 Å². The van der Waals surface area contributed by atoms with Crippen molar-refractivity contribution < 1.29 is 0 Å². The Balaban J connectivity index is 2.29. The Morgan fingerprint density at radius 2 is 2.13 bits per heavy atom. The molecule has 0 aliphatic rings. The number of hydrogen-bond donors (Lipinski definition) is 1. The zero-order valence-electron chi connectivity index (χ0n) is 8.81. The summed E-state index contributed by atoms with van der Waals surface area (Å²) in [4.78, 5) is 0. The molecule has 0 fully saturated rings. The van der Waals surface area contributed by atoms with E-state index >= 15 is 0 Å². The van der Waals surface area contributed by atoms with Crippen LogP contribution in [0.25, 0.3) is 0 Å². The van der Waals surface area contributed by atoms with Crippen LogP contribution in [-0.2, 0) is 6.42 Å². The minimum absolute atomic E-state index is 0.0164. The summed E-state index contributed by atoms with van der Waals surface area (Å²) in [6.45, 7) is 2.16. The lowest BCUT2D eigenvalue weighted by Crippen LogP contribution is -2.10. The van der Waals surface area contributed by atoms with Gasteiger partial charge in [-0.15, -0.1) is 0 Å². The normalized spacial score (nSPS) is 12.7. The van der Waals surface area contributed by atoms with E-state index in [9.17, 15) is 0 Å². The van der Waals surface area contributed by atoms with Gasteiger partial charge in [0.25, 0.3) is 0 Å². The Labute approximate surface area is 94.6 Å². The van der Waals surface area contributed by atoms with Crippen molar-refractivity contribution in [1.29, 1.82) is 0 Å². The van der Waals surface area contributed by atoms with Crippen molar-refractivity contribution in [3.8, 4) is 0 Å². The highest BCUT2D eigenvalue weighted by Gasteiger charge is 2.08. The third-order valence-electron chi connectivity index (χ3n) is 2.62. The van der Waals surface area contributed by atoms with Gasteiger partial charge in [-0.2, -0.15) is 11.3 Å². The molecule has 1 heterocycles. The molecule has 15 heavy (non-hydrogen) atoms. The van der Waals surface area contributed by atoms with Crippen molar-refractivity contribution in [3.05, 3.63) is 57.8 Å². The van der Waals surface area contributed by atoms with Crippen LogP contribution in [0.3, 0.4) is 0 Å². The van der Waals surface area contributed by atoms with E-state index in [-0.39, 0.29) is 6.04 Å². The second-order valence-electron chi connectivity index (χ2n) is 3.63.